The normalized spacial score (nSPS) is 20.7. The van der Waals surface area contributed by atoms with Crippen molar-refractivity contribution in [1.82, 2.24) is 0 Å². The van der Waals surface area contributed by atoms with Crippen molar-refractivity contribution in [3.8, 4) is 0 Å². The highest BCUT2D eigenvalue weighted by atomic mass is 79.9. The predicted octanol–water partition coefficient (Wildman–Crippen LogP) is 5.21. The monoisotopic (exact) mass is 324 g/mol. The van der Waals surface area contributed by atoms with Crippen molar-refractivity contribution in [2.45, 2.75) is 63.3 Å². The largest absolute Gasteiger partial charge is 0.378 e. The molecule has 106 valence electrons. The topological polar surface area (TPSA) is 9.23 Å². The number of halogens is 1. The molecule has 0 amide bonds. The molecule has 1 nitrogen and oxygen atoms in total. The van der Waals surface area contributed by atoms with Crippen LogP contribution in [0, 0.1) is 0 Å². The average Bonchev–Trinajstić information content (AvgIpc) is 2.97. The molecule has 1 aliphatic rings. The predicted molar refractivity (Wildman–Crippen MR) is 85.1 cm³/mol. The third-order valence-electron chi connectivity index (χ3n) is 4.10. The van der Waals surface area contributed by atoms with Crippen molar-refractivity contribution >= 4 is 15.9 Å². The Kier molecular flexibility index (Phi) is 5.90. The molecule has 0 bridgehead atoms. The molecule has 0 saturated carbocycles. The lowest BCUT2D eigenvalue weighted by Crippen LogP contribution is -2.07. The van der Waals surface area contributed by atoms with Crippen LogP contribution in [-0.2, 0) is 17.6 Å². The molecule has 1 aromatic carbocycles. The van der Waals surface area contributed by atoms with Crippen LogP contribution in [0.3, 0.4) is 0 Å². The Hall–Kier alpha value is -0.340. The van der Waals surface area contributed by atoms with Gasteiger partial charge in [-0.2, -0.15) is 0 Å². The van der Waals surface area contributed by atoms with E-state index in [0.29, 0.717) is 10.9 Å². The Labute approximate surface area is 125 Å². The number of hydrogen-bond donors (Lipinski definition) is 0. The van der Waals surface area contributed by atoms with E-state index in [-0.39, 0.29) is 0 Å². The fourth-order valence-electron chi connectivity index (χ4n) is 2.84. The van der Waals surface area contributed by atoms with Crippen LogP contribution in [0.5, 0.6) is 0 Å². The van der Waals surface area contributed by atoms with Gasteiger partial charge >= 0.3 is 0 Å². The van der Waals surface area contributed by atoms with Crippen molar-refractivity contribution in [3.63, 3.8) is 0 Å². The van der Waals surface area contributed by atoms with Gasteiger partial charge in [-0.15, -0.1) is 0 Å². The van der Waals surface area contributed by atoms with Gasteiger partial charge in [0.1, 0.15) is 0 Å². The molecule has 0 spiro atoms. The zero-order chi connectivity index (χ0) is 13.7. The van der Waals surface area contributed by atoms with Gasteiger partial charge in [-0.05, 0) is 55.2 Å². The molecule has 0 aromatic heterocycles. The van der Waals surface area contributed by atoms with Crippen LogP contribution in [0.25, 0.3) is 0 Å². The second kappa shape index (κ2) is 7.44. The quantitative estimate of drug-likeness (QED) is 0.653. The van der Waals surface area contributed by atoms with Crippen molar-refractivity contribution in [1.29, 1.82) is 0 Å². The number of hydrogen-bond acceptors (Lipinski definition) is 1. The van der Waals surface area contributed by atoms with E-state index in [2.05, 4.69) is 48.0 Å². The molecular formula is C17H25BrO. The summed E-state index contributed by atoms with van der Waals surface area (Å²) in [7, 11) is 0. The standard InChI is InChI=1S/C17H25BrO/c1-3-13-7-8-14(4-2)16(12-13)17(18)10-9-15-6-5-11-19-15/h7-8,12,15,17H,3-6,9-11H2,1-2H3. The summed E-state index contributed by atoms with van der Waals surface area (Å²) in [5.41, 5.74) is 4.40. The second-order valence-electron chi connectivity index (χ2n) is 5.42. The highest BCUT2D eigenvalue weighted by molar-refractivity contribution is 9.09. The molecule has 1 aromatic rings. The van der Waals surface area contributed by atoms with E-state index in [1.54, 1.807) is 0 Å². The zero-order valence-electron chi connectivity index (χ0n) is 12.1. The summed E-state index contributed by atoms with van der Waals surface area (Å²) in [4.78, 5) is 0.471. The van der Waals surface area contributed by atoms with Crippen LogP contribution in [-0.4, -0.2) is 12.7 Å². The van der Waals surface area contributed by atoms with E-state index in [4.69, 9.17) is 4.74 Å². The number of alkyl halides is 1. The van der Waals surface area contributed by atoms with Crippen LogP contribution >= 0.6 is 15.9 Å². The lowest BCUT2D eigenvalue weighted by molar-refractivity contribution is 0.102. The highest BCUT2D eigenvalue weighted by Gasteiger charge is 2.18. The maximum atomic E-state index is 5.72. The lowest BCUT2D eigenvalue weighted by Gasteiger charge is -2.17. The molecule has 19 heavy (non-hydrogen) atoms. The van der Waals surface area contributed by atoms with E-state index in [1.165, 1.54) is 42.4 Å². The molecule has 2 unspecified atom stereocenters. The summed E-state index contributed by atoms with van der Waals surface area (Å²) >= 11 is 3.89. The van der Waals surface area contributed by atoms with Crippen molar-refractivity contribution in [2.75, 3.05) is 6.61 Å². The summed E-state index contributed by atoms with van der Waals surface area (Å²) in [5.74, 6) is 0. The first-order valence-corrected chi connectivity index (χ1v) is 8.53. The average molecular weight is 325 g/mol. The molecule has 2 heteroatoms. The second-order valence-corrected chi connectivity index (χ2v) is 6.53. The minimum atomic E-state index is 0.471. The number of rotatable bonds is 6. The molecule has 1 saturated heterocycles. The van der Waals surface area contributed by atoms with Gasteiger partial charge in [-0.25, -0.2) is 0 Å². The lowest BCUT2D eigenvalue weighted by atomic mass is 9.96. The summed E-state index contributed by atoms with van der Waals surface area (Å²) < 4.78 is 5.72. The van der Waals surface area contributed by atoms with Gasteiger partial charge in [0.05, 0.1) is 6.10 Å². The summed E-state index contributed by atoms with van der Waals surface area (Å²) in [6.45, 7) is 5.42. The van der Waals surface area contributed by atoms with Gasteiger partial charge in [0, 0.05) is 11.4 Å². The first-order valence-electron chi connectivity index (χ1n) is 7.62. The molecule has 2 atom stereocenters. The van der Waals surface area contributed by atoms with E-state index >= 15 is 0 Å². The Balaban J connectivity index is 2.01. The molecule has 2 rings (SSSR count). The van der Waals surface area contributed by atoms with E-state index in [0.717, 1.165) is 19.4 Å². The molecule has 0 N–H and O–H groups in total. The van der Waals surface area contributed by atoms with Crippen LogP contribution in [0.4, 0.5) is 0 Å². The fourth-order valence-corrected chi connectivity index (χ4v) is 3.53. The smallest absolute Gasteiger partial charge is 0.0576 e. The number of ether oxygens (including phenoxy) is 1. The van der Waals surface area contributed by atoms with Crippen LogP contribution in [0.15, 0.2) is 18.2 Å². The fraction of sp³-hybridized carbons (Fsp3) is 0.647. The van der Waals surface area contributed by atoms with Gasteiger partial charge in [-0.3, -0.25) is 0 Å². The Morgan fingerprint density at radius 1 is 1.32 bits per heavy atom. The Morgan fingerprint density at radius 3 is 2.79 bits per heavy atom. The van der Waals surface area contributed by atoms with E-state index in [9.17, 15) is 0 Å². The Bertz CT molecular complexity index is 396. The van der Waals surface area contributed by atoms with Crippen LogP contribution in [0.2, 0.25) is 0 Å². The zero-order valence-corrected chi connectivity index (χ0v) is 13.7. The molecule has 1 heterocycles. The number of benzene rings is 1. The molecule has 1 aliphatic heterocycles. The summed E-state index contributed by atoms with van der Waals surface area (Å²) in [6.07, 6.45) is 7.56. The SMILES string of the molecule is CCc1ccc(CC)c(C(Br)CCC2CCCO2)c1. The maximum Gasteiger partial charge on any atom is 0.0576 e. The van der Waals surface area contributed by atoms with Crippen molar-refractivity contribution < 1.29 is 4.74 Å². The van der Waals surface area contributed by atoms with Gasteiger partial charge < -0.3 is 4.74 Å². The molecule has 1 fully saturated rings. The van der Waals surface area contributed by atoms with Gasteiger partial charge in [0.25, 0.3) is 0 Å². The number of aryl methyl sites for hydroxylation is 2. The van der Waals surface area contributed by atoms with Gasteiger partial charge in [0.2, 0.25) is 0 Å². The summed E-state index contributed by atoms with van der Waals surface area (Å²) in [6, 6.07) is 6.95. The van der Waals surface area contributed by atoms with Crippen molar-refractivity contribution in [2.24, 2.45) is 0 Å². The van der Waals surface area contributed by atoms with Crippen LogP contribution in [0.1, 0.15) is 61.0 Å². The highest BCUT2D eigenvalue weighted by Crippen LogP contribution is 2.33. The van der Waals surface area contributed by atoms with Crippen molar-refractivity contribution in [3.05, 3.63) is 34.9 Å². The maximum absolute atomic E-state index is 5.72. The van der Waals surface area contributed by atoms with E-state index < -0.39 is 0 Å². The minimum absolute atomic E-state index is 0.471. The third kappa shape index (κ3) is 4.06. The first-order chi connectivity index (χ1) is 9.24. The third-order valence-corrected chi connectivity index (χ3v) is 5.05. The van der Waals surface area contributed by atoms with Crippen LogP contribution < -0.4 is 0 Å². The summed E-state index contributed by atoms with van der Waals surface area (Å²) in [5, 5.41) is 0. The molecule has 0 radical (unpaired) electrons. The van der Waals surface area contributed by atoms with Gasteiger partial charge in [0.15, 0.2) is 0 Å². The Morgan fingerprint density at radius 2 is 2.16 bits per heavy atom. The first kappa shape index (κ1) is 15.1. The van der Waals surface area contributed by atoms with Gasteiger partial charge in [-0.1, -0.05) is 48.0 Å². The van der Waals surface area contributed by atoms with E-state index in [1.807, 2.05) is 0 Å². The minimum Gasteiger partial charge on any atom is -0.378 e. The molecule has 0 aliphatic carbocycles. The molecular weight excluding hydrogens is 300 g/mol.